The zero-order valence-corrected chi connectivity index (χ0v) is 20.4. The number of nitrogens with zero attached hydrogens (tertiary/aromatic N) is 1. The van der Waals surface area contributed by atoms with E-state index in [-0.39, 0.29) is 11.3 Å². The minimum Gasteiger partial charge on any atom is -0.504 e. The smallest absolute Gasteiger partial charge is 0.416 e. The molecule has 2 bridgehead atoms. The molecular formula is C28H31F3N2O3. The Kier molecular flexibility index (Phi) is 6.27. The second-order valence-corrected chi connectivity index (χ2v) is 10.2. The van der Waals surface area contributed by atoms with E-state index < -0.39 is 11.7 Å². The molecule has 0 radical (unpaired) electrons. The third-order valence-corrected chi connectivity index (χ3v) is 8.39. The predicted octanol–water partition coefficient (Wildman–Crippen LogP) is 4.92. The number of ether oxygens (including phenoxy) is 1. The summed E-state index contributed by atoms with van der Waals surface area (Å²) in [5, 5.41) is 12.6. The van der Waals surface area contributed by atoms with Gasteiger partial charge in [0.1, 0.15) is 6.10 Å². The van der Waals surface area contributed by atoms with Crippen LogP contribution in [0, 0.1) is 5.92 Å². The number of alkyl halides is 3. The monoisotopic (exact) mass is 500 g/mol. The molecule has 2 aromatic rings. The molecule has 1 saturated heterocycles. The highest BCUT2D eigenvalue weighted by molar-refractivity contribution is 5.91. The predicted molar refractivity (Wildman–Crippen MR) is 131 cm³/mol. The zero-order chi connectivity index (χ0) is 25.7. The van der Waals surface area contributed by atoms with Crippen molar-refractivity contribution in [2.45, 2.75) is 55.8 Å². The van der Waals surface area contributed by atoms with Crippen LogP contribution in [0.15, 0.2) is 42.5 Å². The number of likely N-dealkylation sites (tertiary alicyclic amines) is 1. The number of hydrogen-bond donors (Lipinski definition) is 2. The minimum atomic E-state index is -4.36. The van der Waals surface area contributed by atoms with Gasteiger partial charge in [0.25, 0.3) is 0 Å². The van der Waals surface area contributed by atoms with Gasteiger partial charge in [0.2, 0.25) is 5.91 Å². The van der Waals surface area contributed by atoms with Crippen LogP contribution in [-0.2, 0) is 22.8 Å². The maximum atomic E-state index is 12.3. The molecular weight excluding hydrogens is 469 g/mol. The summed E-state index contributed by atoms with van der Waals surface area (Å²) in [6.07, 6.45) is 4.51. The van der Waals surface area contributed by atoms with Gasteiger partial charge in [0.15, 0.2) is 11.5 Å². The van der Waals surface area contributed by atoms with E-state index in [0.717, 1.165) is 43.2 Å². The number of amides is 1. The lowest BCUT2D eigenvalue weighted by Crippen LogP contribution is -2.63. The molecule has 2 aromatic carbocycles. The number of likely N-dealkylation sites (N-methyl/N-ethyl adjacent to an activating group) is 2. The van der Waals surface area contributed by atoms with E-state index in [2.05, 4.69) is 23.3 Å². The Labute approximate surface area is 208 Å². The average Bonchev–Trinajstić information content (AvgIpc) is 3.21. The maximum absolute atomic E-state index is 12.3. The van der Waals surface area contributed by atoms with Crippen molar-refractivity contribution in [3.8, 4) is 11.5 Å². The van der Waals surface area contributed by atoms with E-state index >= 15 is 0 Å². The molecule has 1 saturated carbocycles. The Morgan fingerprint density at radius 3 is 2.81 bits per heavy atom. The fourth-order valence-electron chi connectivity index (χ4n) is 6.78. The highest BCUT2D eigenvalue weighted by atomic mass is 19.4. The summed E-state index contributed by atoms with van der Waals surface area (Å²) in [6, 6.07) is 9.40. The highest BCUT2D eigenvalue weighted by Crippen LogP contribution is 2.63. The number of piperidine rings is 1. The summed E-state index contributed by atoms with van der Waals surface area (Å²) >= 11 is 0. The van der Waals surface area contributed by atoms with Gasteiger partial charge in [-0.2, -0.15) is 13.2 Å². The highest BCUT2D eigenvalue weighted by Gasteiger charge is 2.62. The number of aromatic hydroxyl groups is 1. The molecule has 2 aliphatic heterocycles. The van der Waals surface area contributed by atoms with Crippen LogP contribution >= 0.6 is 0 Å². The number of carbonyl (C=O) groups excluding carboxylic acids is 1. The molecule has 2 heterocycles. The van der Waals surface area contributed by atoms with E-state index in [1.165, 1.54) is 61.7 Å². The number of halogens is 3. The first-order valence-corrected chi connectivity index (χ1v) is 12.4. The Bertz CT molecular complexity index is 1200. The molecule has 4 aliphatic rings. The lowest BCUT2D eigenvalue weighted by atomic mass is 9.52. The van der Waals surface area contributed by atoms with Crippen LogP contribution in [0.3, 0.4) is 0 Å². The average molecular weight is 501 g/mol. The van der Waals surface area contributed by atoms with Gasteiger partial charge in [-0.15, -0.1) is 0 Å². The third-order valence-electron chi connectivity index (χ3n) is 8.39. The van der Waals surface area contributed by atoms with E-state index in [1.54, 1.807) is 0 Å². The number of nitrogens with one attached hydrogen (secondary N) is 1. The fourth-order valence-corrected chi connectivity index (χ4v) is 6.78. The molecule has 2 N–H and O–H groups in total. The second-order valence-electron chi connectivity index (χ2n) is 10.2. The Hall–Kier alpha value is -3.00. The van der Waals surface area contributed by atoms with Gasteiger partial charge in [-0.3, -0.25) is 4.79 Å². The lowest BCUT2D eigenvalue weighted by molar-refractivity contribution is -0.137. The van der Waals surface area contributed by atoms with Crippen LogP contribution in [0.2, 0.25) is 0 Å². The second kappa shape index (κ2) is 9.14. The third kappa shape index (κ3) is 4.05. The van der Waals surface area contributed by atoms with Crippen LogP contribution in [-0.4, -0.2) is 48.7 Å². The number of phenols is 1. The quantitative estimate of drug-likeness (QED) is 0.575. The van der Waals surface area contributed by atoms with E-state index in [4.69, 9.17) is 4.74 Å². The molecule has 2 aliphatic carbocycles. The van der Waals surface area contributed by atoms with Crippen molar-refractivity contribution >= 4 is 12.0 Å². The van der Waals surface area contributed by atoms with Crippen molar-refractivity contribution in [2.75, 3.05) is 20.6 Å². The molecule has 0 unspecified atom stereocenters. The van der Waals surface area contributed by atoms with Crippen LogP contribution in [0.1, 0.15) is 47.9 Å². The summed E-state index contributed by atoms with van der Waals surface area (Å²) < 4.78 is 43.3. The van der Waals surface area contributed by atoms with Crippen LogP contribution in [0.5, 0.6) is 11.5 Å². The number of carbonyl (C=O) groups is 1. The Balaban J connectivity index is 0.000000153. The van der Waals surface area contributed by atoms with Gasteiger partial charge < -0.3 is 20.1 Å². The summed E-state index contributed by atoms with van der Waals surface area (Å²) in [5.74, 6) is 1.53. The lowest BCUT2D eigenvalue weighted by Gasteiger charge is -2.57. The van der Waals surface area contributed by atoms with Gasteiger partial charge in [0.05, 0.1) is 5.56 Å². The number of hydrogen-bond acceptors (Lipinski definition) is 4. The van der Waals surface area contributed by atoms with E-state index in [0.29, 0.717) is 23.5 Å². The minimum absolute atomic E-state index is 0.205. The van der Waals surface area contributed by atoms with Crippen LogP contribution < -0.4 is 10.1 Å². The molecule has 192 valence electrons. The van der Waals surface area contributed by atoms with Crippen LogP contribution in [0.25, 0.3) is 6.08 Å². The molecule has 8 heteroatoms. The SMILES string of the molecule is CN1CC[C@]23c4c5ccc(O)c4O[C@H]2CCC[C@H]3[C@H]1C5.CNC(=O)/C=C/c1cccc(C(F)(F)F)c1. The topological polar surface area (TPSA) is 61.8 Å². The summed E-state index contributed by atoms with van der Waals surface area (Å²) in [7, 11) is 3.72. The van der Waals surface area contributed by atoms with Gasteiger partial charge >= 0.3 is 6.18 Å². The van der Waals surface area contributed by atoms with Crippen molar-refractivity contribution in [3.05, 3.63) is 64.7 Å². The number of benzene rings is 2. The van der Waals surface area contributed by atoms with E-state index in [1.807, 2.05) is 6.07 Å². The number of rotatable bonds is 2. The molecule has 2 fully saturated rings. The fraction of sp³-hybridized carbons (Fsp3) is 0.464. The standard InChI is InChI=1S/C17H21NO2.C11H10F3NO/c1-18-8-7-17-11-3-2-4-14(17)20-16-13(19)6-5-10(15(16)17)9-12(11)18;1-15-10(16)6-5-8-3-2-4-9(7-8)11(12,13)14/h5-6,11-12,14,19H,2-4,7-9H2,1H3;2-7H,1H3,(H,15,16)/b;6-5+/t11-,12+,14-,17+;/m0./s1. The van der Waals surface area contributed by atoms with Gasteiger partial charge in [-0.25, -0.2) is 0 Å². The maximum Gasteiger partial charge on any atom is 0.416 e. The molecule has 1 spiro atoms. The van der Waals surface area contributed by atoms with Crippen molar-refractivity contribution in [2.24, 2.45) is 5.92 Å². The van der Waals surface area contributed by atoms with Crippen molar-refractivity contribution in [1.82, 2.24) is 10.2 Å². The number of phenolic OH excluding ortho intramolecular Hbond substituents is 1. The van der Waals surface area contributed by atoms with Gasteiger partial charge in [-0.05, 0) is 87.0 Å². The molecule has 4 atom stereocenters. The van der Waals surface area contributed by atoms with Crippen LogP contribution in [0.4, 0.5) is 13.2 Å². The largest absolute Gasteiger partial charge is 0.504 e. The zero-order valence-electron chi connectivity index (χ0n) is 20.4. The van der Waals surface area contributed by atoms with Gasteiger partial charge in [-0.1, -0.05) is 18.2 Å². The summed E-state index contributed by atoms with van der Waals surface area (Å²) in [5.41, 5.74) is 2.62. The molecule has 5 nitrogen and oxygen atoms in total. The normalized spacial score (nSPS) is 28.1. The molecule has 1 amide bonds. The van der Waals surface area contributed by atoms with Crippen molar-refractivity contribution in [1.29, 1.82) is 0 Å². The first kappa shape index (κ1) is 24.7. The van der Waals surface area contributed by atoms with Crippen molar-refractivity contribution < 1.29 is 27.8 Å². The first-order valence-electron chi connectivity index (χ1n) is 12.4. The van der Waals surface area contributed by atoms with E-state index in [9.17, 15) is 23.1 Å². The first-order chi connectivity index (χ1) is 17.1. The molecule has 6 rings (SSSR count). The Morgan fingerprint density at radius 2 is 2.06 bits per heavy atom. The molecule has 36 heavy (non-hydrogen) atoms. The Morgan fingerprint density at radius 1 is 1.25 bits per heavy atom. The van der Waals surface area contributed by atoms with Gasteiger partial charge in [0, 0.05) is 30.1 Å². The van der Waals surface area contributed by atoms with Crippen molar-refractivity contribution in [3.63, 3.8) is 0 Å². The summed E-state index contributed by atoms with van der Waals surface area (Å²) in [4.78, 5) is 13.4. The molecule has 0 aromatic heterocycles. The summed E-state index contributed by atoms with van der Waals surface area (Å²) in [6.45, 7) is 1.16.